The minimum Gasteiger partial charge on any atom is -0.206 e. The Balaban J connectivity index is 1.93. The average molecular weight is 456 g/mol. The van der Waals surface area contributed by atoms with Crippen LogP contribution in [0.3, 0.4) is 0 Å². The summed E-state index contributed by atoms with van der Waals surface area (Å²) in [7, 11) is -1.70. The van der Waals surface area contributed by atoms with Crippen molar-refractivity contribution < 1.29 is 4.39 Å². The Morgan fingerprint density at radius 1 is 0.625 bits per heavy atom. The zero-order chi connectivity index (χ0) is 22.3. The molecule has 1 atom stereocenters. The van der Waals surface area contributed by atoms with E-state index >= 15 is 4.39 Å². The van der Waals surface area contributed by atoms with Crippen molar-refractivity contribution in [2.24, 2.45) is 5.92 Å². The topological polar surface area (TPSA) is 0 Å². The lowest BCUT2D eigenvalue weighted by molar-refractivity contribution is 0.636. The first-order valence-corrected chi connectivity index (χ1v) is 13.6. The summed E-state index contributed by atoms with van der Waals surface area (Å²) in [5.41, 5.74) is 0. The summed E-state index contributed by atoms with van der Waals surface area (Å²) in [5.74, 6) is 2.62. The van der Waals surface area contributed by atoms with Crippen LogP contribution in [0, 0.1) is 11.7 Å². The van der Waals surface area contributed by atoms with Gasteiger partial charge in [0, 0.05) is 5.30 Å². The summed E-state index contributed by atoms with van der Waals surface area (Å²) < 4.78 is 15.1. The van der Waals surface area contributed by atoms with Crippen LogP contribution in [0.1, 0.15) is 13.8 Å². The van der Waals surface area contributed by atoms with Crippen molar-refractivity contribution in [1.29, 1.82) is 0 Å². The van der Waals surface area contributed by atoms with Crippen molar-refractivity contribution >= 4 is 37.1 Å². The monoisotopic (exact) mass is 456 g/mol. The van der Waals surface area contributed by atoms with Gasteiger partial charge in [-0.05, 0) is 54.9 Å². The van der Waals surface area contributed by atoms with E-state index in [1.54, 1.807) is 12.1 Å². The van der Waals surface area contributed by atoms with Crippen LogP contribution in [-0.4, -0.2) is 0 Å². The summed E-state index contributed by atoms with van der Waals surface area (Å²) >= 11 is 0. The van der Waals surface area contributed by atoms with Crippen LogP contribution in [0.25, 0.3) is 0 Å². The third-order valence-electron chi connectivity index (χ3n) is 5.29. The molecule has 0 N–H and O–H groups in total. The fraction of sp³-hybridized carbons (Fsp3) is 0.103. The fourth-order valence-corrected chi connectivity index (χ4v) is 9.03. The second-order valence-corrected chi connectivity index (χ2v) is 12.1. The summed E-state index contributed by atoms with van der Waals surface area (Å²) in [4.78, 5) is 0. The van der Waals surface area contributed by atoms with Crippen molar-refractivity contribution in [3.8, 4) is 0 Å². The van der Waals surface area contributed by atoms with Gasteiger partial charge in [-0.3, -0.25) is 0 Å². The Morgan fingerprint density at radius 3 is 1.53 bits per heavy atom. The first-order chi connectivity index (χ1) is 15.6. The Hall–Kier alpha value is -2.59. The molecule has 0 saturated heterocycles. The lowest BCUT2D eigenvalue weighted by atomic mass is 10.2. The quantitative estimate of drug-likeness (QED) is 0.266. The number of halogens is 1. The highest BCUT2D eigenvalue weighted by atomic mass is 31.1. The molecule has 4 aromatic rings. The Bertz CT molecular complexity index is 1120. The predicted octanol–water partition coefficient (Wildman–Crippen LogP) is 6.89. The van der Waals surface area contributed by atoms with E-state index in [0.29, 0.717) is 5.92 Å². The van der Waals surface area contributed by atoms with Gasteiger partial charge in [-0.2, -0.15) is 0 Å². The van der Waals surface area contributed by atoms with E-state index in [0.717, 1.165) is 5.30 Å². The maximum absolute atomic E-state index is 15.1. The number of allylic oxidation sites excluding steroid dienone is 1. The summed E-state index contributed by atoms with van der Waals surface area (Å²) in [5, 5.41) is 5.91. The van der Waals surface area contributed by atoms with Gasteiger partial charge in [0.05, 0.1) is 0 Å². The van der Waals surface area contributed by atoms with Crippen LogP contribution in [0.4, 0.5) is 4.39 Å². The normalized spacial score (nSPS) is 12.8. The van der Waals surface area contributed by atoms with Gasteiger partial charge in [-0.1, -0.05) is 123 Å². The molecule has 0 aliphatic rings. The molecule has 32 heavy (non-hydrogen) atoms. The molecule has 4 rings (SSSR count). The van der Waals surface area contributed by atoms with Crippen molar-refractivity contribution in [3.05, 3.63) is 132 Å². The Kier molecular flexibility index (Phi) is 7.64. The van der Waals surface area contributed by atoms with Crippen molar-refractivity contribution in [2.75, 3.05) is 0 Å². The number of hydrogen-bond donors (Lipinski definition) is 0. The van der Waals surface area contributed by atoms with E-state index in [9.17, 15) is 0 Å². The van der Waals surface area contributed by atoms with Gasteiger partial charge < -0.3 is 0 Å². The van der Waals surface area contributed by atoms with Gasteiger partial charge in [0.2, 0.25) is 0 Å². The molecule has 0 heterocycles. The second kappa shape index (κ2) is 10.8. The lowest BCUT2D eigenvalue weighted by Gasteiger charge is -2.27. The Morgan fingerprint density at radius 2 is 1.06 bits per heavy atom. The first-order valence-electron chi connectivity index (χ1n) is 10.9. The SMILES string of the molecule is CC(C)/C(=C/P(c1ccccc1)c1ccccc1)P(c1ccccc1)c1ccccc1F. The molecular weight excluding hydrogens is 429 g/mol. The first kappa shape index (κ1) is 22.6. The van der Waals surface area contributed by atoms with E-state index < -0.39 is 15.8 Å². The van der Waals surface area contributed by atoms with E-state index in [1.807, 2.05) is 18.2 Å². The van der Waals surface area contributed by atoms with E-state index in [4.69, 9.17) is 0 Å². The van der Waals surface area contributed by atoms with Crippen LogP contribution in [0.2, 0.25) is 0 Å². The molecule has 0 bridgehead atoms. The van der Waals surface area contributed by atoms with E-state index in [1.165, 1.54) is 21.2 Å². The molecule has 0 aromatic heterocycles. The number of benzene rings is 4. The van der Waals surface area contributed by atoms with Gasteiger partial charge in [-0.15, -0.1) is 0 Å². The minimum atomic E-state index is -0.986. The van der Waals surface area contributed by atoms with Crippen LogP contribution in [0.15, 0.2) is 126 Å². The number of hydrogen-bond acceptors (Lipinski definition) is 0. The van der Waals surface area contributed by atoms with Crippen LogP contribution < -0.4 is 21.2 Å². The van der Waals surface area contributed by atoms with Crippen LogP contribution in [0.5, 0.6) is 0 Å². The molecule has 0 aliphatic carbocycles. The fourth-order valence-electron chi connectivity index (χ4n) is 3.71. The third-order valence-corrected chi connectivity index (χ3v) is 10.6. The summed E-state index contributed by atoms with van der Waals surface area (Å²) in [6.45, 7) is 4.46. The molecule has 160 valence electrons. The van der Waals surface area contributed by atoms with Gasteiger partial charge in [0.15, 0.2) is 0 Å². The highest BCUT2D eigenvalue weighted by molar-refractivity contribution is 7.80. The Labute approximate surface area is 193 Å². The van der Waals surface area contributed by atoms with Crippen molar-refractivity contribution in [2.45, 2.75) is 13.8 Å². The molecule has 0 nitrogen and oxygen atoms in total. The summed E-state index contributed by atoms with van der Waals surface area (Å²) in [6, 6.07) is 39.1. The molecule has 0 amide bonds. The van der Waals surface area contributed by atoms with Crippen molar-refractivity contribution in [3.63, 3.8) is 0 Å². The molecule has 3 heteroatoms. The van der Waals surface area contributed by atoms with Gasteiger partial charge in [0.25, 0.3) is 0 Å². The third kappa shape index (κ3) is 5.24. The second-order valence-electron chi connectivity index (χ2n) is 7.87. The minimum absolute atomic E-state index is 0.127. The lowest BCUT2D eigenvalue weighted by Crippen LogP contribution is -2.19. The molecular formula is C29H27FP2. The van der Waals surface area contributed by atoms with Gasteiger partial charge in [0.1, 0.15) is 5.82 Å². The highest BCUT2D eigenvalue weighted by Gasteiger charge is 2.25. The average Bonchev–Trinajstić information content (AvgIpc) is 2.84. The number of rotatable bonds is 7. The molecule has 0 spiro atoms. The summed E-state index contributed by atoms with van der Waals surface area (Å²) in [6.07, 6.45) is 0. The largest absolute Gasteiger partial charge is 0.206 e. The standard InChI is InChI=1S/C29H27FP2/c1-23(2)29(22-31(24-14-6-3-7-15-24)25-16-8-4-9-17-25)32(26-18-10-5-11-19-26)28-21-13-12-20-27(28)30/h3-23H,1-2H3/b29-22-. The van der Waals surface area contributed by atoms with Gasteiger partial charge in [-0.25, -0.2) is 4.39 Å². The molecule has 0 fully saturated rings. The smallest absolute Gasteiger partial charge is 0.131 e. The maximum Gasteiger partial charge on any atom is 0.131 e. The maximum atomic E-state index is 15.1. The highest BCUT2D eigenvalue weighted by Crippen LogP contribution is 2.51. The van der Waals surface area contributed by atoms with Crippen LogP contribution in [-0.2, 0) is 0 Å². The van der Waals surface area contributed by atoms with Crippen molar-refractivity contribution in [1.82, 2.24) is 0 Å². The molecule has 4 aromatic carbocycles. The molecule has 1 unspecified atom stereocenters. The van der Waals surface area contributed by atoms with Gasteiger partial charge >= 0.3 is 0 Å². The molecule has 0 aliphatic heterocycles. The van der Waals surface area contributed by atoms with E-state index in [2.05, 4.69) is 105 Å². The predicted molar refractivity (Wildman–Crippen MR) is 141 cm³/mol. The molecule has 0 saturated carbocycles. The zero-order valence-electron chi connectivity index (χ0n) is 18.4. The van der Waals surface area contributed by atoms with Crippen LogP contribution >= 0.6 is 15.8 Å². The zero-order valence-corrected chi connectivity index (χ0v) is 20.2. The molecule has 0 radical (unpaired) electrons. The van der Waals surface area contributed by atoms with E-state index in [-0.39, 0.29) is 5.82 Å².